The molecule has 0 aliphatic heterocycles. The quantitative estimate of drug-likeness (QED) is 0.395. The van der Waals surface area contributed by atoms with E-state index in [1.54, 1.807) is 19.1 Å². The maximum absolute atomic E-state index is 13.4. The highest BCUT2D eigenvalue weighted by molar-refractivity contribution is 7.89. The van der Waals surface area contributed by atoms with Gasteiger partial charge in [0.25, 0.3) is 5.56 Å². The summed E-state index contributed by atoms with van der Waals surface area (Å²) < 4.78 is 37.6. The normalized spacial score (nSPS) is 12.1. The van der Waals surface area contributed by atoms with Crippen LogP contribution < -0.4 is 10.7 Å². The highest BCUT2D eigenvalue weighted by Crippen LogP contribution is 2.21. The van der Waals surface area contributed by atoms with Crippen LogP contribution in [0, 0.1) is 5.82 Å². The molecule has 7 nitrogen and oxygen atoms in total. The number of hydrogen-bond acceptors (Lipinski definition) is 4. The lowest BCUT2D eigenvalue weighted by Gasteiger charge is -2.04. The molecule has 34 heavy (non-hydrogen) atoms. The van der Waals surface area contributed by atoms with Gasteiger partial charge in [-0.05, 0) is 55.3 Å². The Kier molecular flexibility index (Phi) is 6.58. The molecule has 0 unspecified atom stereocenters. The molecule has 3 N–H and O–H groups in total. The number of nitrogens with zero attached hydrogens (tertiary/aromatic N) is 2. The summed E-state index contributed by atoms with van der Waals surface area (Å²) in [5.74, 6) is -0.387. The molecule has 0 saturated carbocycles. The van der Waals surface area contributed by atoms with E-state index in [1.165, 1.54) is 41.1 Å². The molecular weight excluding hydrogens is 455 g/mol. The molecule has 1 aromatic heterocycles. The Morgan fingerprint density at radius 1 is 1.00 bits per heavy atom. The molecule has 0 aliphatic rings. The Bertz CT molecular complexity index is 1490. The molecule has 0 bridgehead atoms. The van der Waals surface area contributed by atoms with E-state index < -0.39 is 10.0 Å². The van der Waals surface area contributed by atoms with Crippen molar-refractivity contribution in [3.63, 3.8) is 0 Å². The first-order valence-corrected chi connectivity index (χ1v) is 12.1. The number of hydrogen-bond donors (Lipinski definition) is 2. The number of H-pyrrole nitrogens is 1. The van der Waals surface area contributed by atoms with Gasteiger partial charge < -0.3 is 0 Å². The summed E-state index contributed by atoms with van der Waals surface area (Å²) in [5, 5.41) is 8.28. The average molecular weight is 479 g/mol. The summed E-state index contributed by atoms with van der Waals surface area (Å²) in [6.07, 6.45) is 0.555. The van der Waals surface area contributed by atoms with E-state index in [0.29, 0.717) is 35.6 Å². The summed E-state index contributed by atoms with van der Waals surface area (Å²) in [5.41, 5.74) is 3.55. The Labute approximate surface area is 196 Å². The van der Waals surface area contributed by atoms with Crippen LogP contribution in [0.5, 0.6) is 0 Å². The van der Waals surface area contributed by atoms with Gasteiger partial charge in [-0.2, -0.15) is 0 Å². The third-order valence-corrected chi connectivity index (χ3v) is 6.33. The van der Waals surface area contributed by atoms with Crippen molar-refractivity contribution in [2.45, 2.75) is 18.2 Å². The lowest BCUT2D eigenvalue weighted by molar-refractivity contribution is 0.597. The molecule has 4 rings (SSSR count). The first-order valence-electron chi connectivity index (χ1n) is 10.5. The van der Waals surface area contributed by atoms with Crippen molar-refractivity contribution >= 4 is 15.7 Å². The number of aromatic amines is 1. The predicted octanol–water partition coefficient (Wildman–Crippen LogP) is 3.67. The van der Waals surface area contributed by atoms with Gasteiger partial charge >= 0.3 is 0 Å². The lowest BCUT2D eigenvalue weighted by atomic mass is 10.1. The van der Waals surface area contributed by atoms with E-state index in [9.17, 15) is 17.6 Å². The van der Waals surface area contributed by atoms with Gasteiger partial charge in [0.2, 0.25) is 10.0 Å². The zero-order valence-corrected chi connectivity index (χ0v) is 19.2. The number of aromatic nitrogens is 2. The summed E-state index contributed by atoms with van der Waals surface area (Å²) in [4.78, 5) is 18.0. The second-order valence-electron chi connectivity index (χ2n) is 7.75. The minimum absolute atomic E-state index is 0.0529. The molecule has 0 radical (unpaired) electrons. The van der Waals surface area contributed by atoms with Crippen molar-refractivity contribution in [1.82, 2.24) is 9.78 Å². The van der Waals surface area contributed by atoms with E-state index in [0.717, 1.165) is 11.1 Å². The Hall–Kier alpha value is -3.82. The monoisotopic (exact) mass is 478 g/mol. The number of nitrogens with one attached hydrogen (secondary N) is 1. The molecule has 0 aliphatic carbocycles. The van der Waals surface area contributed by atoms with Crippen molar-refractivity contribution in [1.29, 1.82) is 0 Å². The predicted molar refractivity (Wildman–Crippen MR) is 130 cm³/mol. The largest absolute Gasteiger partial charge is 0.290 e. The molecule has 0 spiro atoms. The fourth-order valence-electron chi connectivity index (χ4n) is 3.64. The van der Waals surface area contributed by atoms with Crippen molar-refractivity contribution < 1.29 is 12.8 Å². The van der Waals surface area contributed by atoms with Crippen LogP contribution in [-0.4, -0.2) is 30.5 Å². The van der Waals surface area contributed by atoms with E-state index in [1.807, 2.05) is 30.3 Å². The number of benzene rings is 3. The van der Waals surface area contributed by atoms with Crippen LogP contribution in [-0.2, 0) is 16.4 Å². The molecule has 3 aromatic carbocycles. The van der Waals surface area contributed by atoms with Crippen molar-refractivity contribution in [3.8, 4) is 16.9 Å². The Morgan fingerprint density at radius 2 is 1.65 bits per heavy atom. The van der Waals surface area contributed by atoms with Crippen LogP contribution in [0.15, 0.2) is 93.5 Å². The zero-order chi connectivity index (χ0) is 24.3. The van der Waals surface area contributed by atoms with E-state index in [-0.39, 0.29) is 16.3 Å². The molecule has 0 fully saturated rings. The van der Waals surface area contributed by atoms with Gasteiger partial charge in [0.15, 0.2) is 0 Å². The van der Waals surface area contributed by atoms with Crippen LogP contribution in [0.25, 0.3) is 16.9 Å². The van der Waals surface area contributed by atoms with Gasteiger partial charge in [0, 0.05) is 17.8 Å². The molecular formula is C25H23FN4O3S. The minimum atomic E-state index is -3.74. The molecule has 0 atom stereocenters. The summed E-state index contributed by atoms with van der Waals surface area (Å²) in [7, 11) is -3.74. The van der Waals surface area contributed by atoms with Gasteiger partial charge in [-0.1, -0.05) is 42.5 Å². The third kappa shape index (κ3) is 5.05. The highest BCUT2D eigenvalue weighted by Gasteiger charge is 2.19. The summed E-state index contributed by atoms with van der Waals surface area (Å²) >= 11 is 0. The molecule has 9 heteroatoms. The van der Waals surface area contributed by atoms with Gasteiger partial charge in [0.05, 0.1) is 21.8 Å². The van der Waals surface area contributed by atoms with Crippen molar-refractivity contribution in [3.05, 3.63) is 106 Å². The standard InChI is InChI=1S/C25H23FN4O3S/c1-17(28-16-15-18-7-13-22(14-8-18)34(27,32)33)23-24(19-5-3-2-4-6-19)29-30(25(23)31)21-11-9-20(26)10-12-21/h2-14,29H,15-16H2,1H3,(H2,27,32,33). The number of halogens is 1. The number of rotatable bonds is 7. The number of primary sulfonamides is 1. The van der Waals surface area contributed by atoms with Crippen LogP contribution in [0.3, 0.4) is 0 Å². The fraction of sp³-hybridized carbons (Fsp3) is 0.120. The molecule has 1 heterocycles. The van der Waals surface area contributed by atoms with Gasteiger partial charge in [-0.3, -0.25) is 14.9 Å². The summed E-state index contributed by atoms with van der Waals surface area (Å²) in [6, 6.07) is 21.4. The van der Waals surface area contributed by atoms with E-state index in [4.69, 9.17) is 5.14 Å². The third-order valence-electron chi connectivity index (χ3n) is 5.40. The SMILES string of the molecule is CC(=NCCc1ccc(S(N)(=O)=O)cc1)c1c(-c2ccccc2)[nH]n(-c2ccc(F)cc2)c1=O. The number of sulfonamides is 1. The average Bonchev–Trinajstić information content (AvgIpc) is 3.17. The number of aliphatic imine (C=N–C) groups is 1. The zero-order valence-electron chi connectivity index (χ0n) is 18.4. The molecule has 0 saturated heterocycles. The van der Waals surface area contributed by atoms with Gasteiger partial charge in [-0.15, -0.1) is 0 Å². The molecule has 174 valence electrons. The molecule has 4 aromatic rings. The van der Waals surface area contributed by atoms with E-state index >= 15 is 0 Å². The van der Waals surface area contributed by atoms with Crippen LogP contribution in [0.2, 0.25) is 0 Å². The van der Waals surface area contributed by atoms with Gasteiger partial charge in [-0.25, -0.2) is 22.6 Å². The smallest absolute Gasteiger partial charge is 0.280 e. The highest BCUT2D eigenvalue weighted by atomic mass is 32.2. The topological polar surface area (TPSA) is 110 Å². The lowest BCUT2D eigenvalue weighted by Crippen LogP contribution is -2.20. The van der Waals surface area contributed by atoms with Crippen LogP contribution in [0.4, 0.5) is 4.39 Å². The molecule has 0 amide bonds. The van der Waals surface area contributed by atoms with Crippen molar-refractivity contribution in [2.75, 3.05) is 6.54 Å². The Balaban J connectivity index is 1.66. The Morgan fingerprint density at radius 3 is 2.26 bits per heavy atom. The second kappa shape index (κ2) is 9.58. The van der Waals surface area contributed by atoms with Crippen molar-refractivity contribution in [2.24, 2.45) is 10.1 Å². The van der Waals surface area contributed by atoms with E-state index in [2.05, 4.69) is 10.1 Å². The van der Waals surface area contributed by atoms with Crippen LogP contribution >= 0.6 is 0 Å². The number of nitrogens with two attached hydrogens (primary N) is 1. The second-order valence-corrected chi connectivity index (χ2v) is 9.31. The van der Waals surface area contributed by atoms with Crippen LogP contribution in [0.1, 0.15) is 18.1 Å². The summed E-state index contributed by atoms with van der Waals surface area (Å²) in [6.45, 7) is 2.17. The minimum Gasteiger partial charge on any atom is -0.290 e. The van der Waals surface area contributed by atoms with Gasteiger partial charge in [0.1, 0.15) is 5.82 Å². The fourth-order valence-corrected chi connectivity index (χ4v) is 4.15. The maximum Gasteiger partial charge on any atom is 0.280 e. The maximum atomic E-state index is 13.4. The first-order chi connectivity index (χ1) is 16.2. The first kappa shape index (κ1) is 23.3.